The molecule has 0 saturated carbocycles. The summed E-state index contributed by atoms with van der Waals surface area (Å²) in [4.78, 5) is 0. The van der Waals surface area contributed by atoms with Crippen LogP contribution in [0.5, 0.6) is 0 Å². The molecule has 0 spiro atoms. The van der Waals surface area contributed by atoms with Gasteiger partial charge >= 0.3 is 10.4 Å². The highest BCUT2D eigenvalue weighted by atomic mass is 32.3. The van der Waals surface area contributed by atoms with Crippen LogP contribution in [0, 0.1) is 0 Å². The first-order valence-electron chi connectivity index (χ1n) is 1.90. The molecule has 8 heavy (non-hydrogen) atoms. The van der Waals surface area contributed by atoms with Crippen LogP contribution in [-0.2, 0) is 18.9 Å². The van der Waals surface area contributed by atoms with Crippen molar-refractivity contribution in [1.29, 1.82) is 0 Å². The summed E-state index contributed by atoms with van der Waals surface area (Å²) in [6.07, 6.45) is 0. The van der Waals surface area contributed by atoms with Gasteiger partial charge in [0, 0.05) is 0 Å². The van der Waals surface area contributed by atoms with E-state index in [0.717, 1.165) is 0 Å². The molecule has 2 N–H and O–H groups in total. The maximum atomic E-state index is 10.0. The van der Waals surface area contributed by atoms with Crippen LogP contribution in [0.4, 0.5) is 0 Å². The van der Waals surface area contributed by atoms with E-state index in [4.69, 9.17) is 0 Å². The summed E-state index contributed by atoms with van der Waals surface area (Å²) < 4.78 is 27.5. The van der Waals surface area contributed by atoms with Crippen molar-refractivity contribution in [2.45, 2.75) is 6.92 Å². The molecule has 0 aromatic rings. The second-order valence-corrected chi connectivity index (χ2v) is 2.16. The molecular formula is C2H7NO4S. The minimum absolute atomic E-state index is 0.0273. The highest BCUT2D eigenvalue weighted by Crippen LogP contribution is 1.87. The largest absolute Gasteiger partial charge is 0.415 e. The third-order valence-electron chi connectivity index (χ3n) is 0.380. The average molecular weight is 141 g/mol. The summed E-state index contributed by atoms with van der Waals surface area (Å²) in [6, 6.07) is 0. The molecule has 0 aliphatic rings. The van der Waals surface area contributed by atoms with Gasteiger partial charge in [0.2, 0.25) is 0 Å². The SMILES string of the molecule is CCOS(=O)(=O)ON. The fourth-order valence-electron chi connectivity index (χ4n) is 0.172. The zero-order chi connectivity index (χ0) is 6.62. The molecule has 0 aromatic carbocycles. The fraction of sp³-hybridized carbons (Fsp3) is 1.00. The smallest absolute Gasteiger partial charge is 0.247 e. The van der Waals surface area contributed by atoms with Gasteiger partial charge in [-0.15, -0.1) is 0 Å². The van der Waals surface area contributed by atoms with Gasteiger partial charge in [0.15, 0.2) is 0 Å². The molecule has 0 atom stereocenters. The van der Waals surface area contributed by atoms with Crippen molar-refractivity contribution in [3.05, 3.63) is 0 Å². The van der Waals surface area contributed by atoms with Crippen LogP contribution < -0.4 is 5.90 Å². The molecule has 0 aromatic heterocycles. The van der Waals surface area contributed by atoms with E-state index in [1.54, 1.807) is 0 Å². The summed E-state index contributed by atoms with van der Waals surface area (Å²) in [5, 5.41) is 0. The maximum absolute atomic E-state index is 10.0. The Morgan fingerprint density at radius 2 is 2.12 bits per heavy atom. The molecular weight excluding hydrogens is 134 g/mol. The molecule has 0 radical (unpaired) electrons. The summed E-state index contributed by atoms with van der Waals surface area (Å²) in [6.45, 7) is 1.54. The van der Waals surface area contributed by atoms with E-state index < -0.39 is 10.4 Å². The maximum Gasteiger partial charge on any atom is 0.415 e. The van der Waals surface area contributed by atoms with E-state index in [9.17, 15) is 8.42 Å². The first kappa shape index (κ1) is 7.83. The van der Waals surface area contributed by atoms with Crippen molar-refractivity contribution in [3.8, 4) is 0 Å². The van der Waals surface area contributed by atoms with Gasteiger partial charge in [-0.2, -0.15) is 18.6 Å². The van der Waals surface area contributed by atoms with Gasteiger partial charge in [0.05, 0.1) is 6.61 Å². The Labute approximate surface area is 47.7 Å². The van der Waals surface area contributed by atoms with Crippen molar-refractivity contribution < 1.29 is 16.9 Å². The van der Waals surface area contributed by atoms with Crippen molar-refractivity contribution >= 4 is 10.4 Å². The lowest BCUT2D eigenvalue weighted by Crippen LogP contribution is -2.13. The second-order valence-electron chi connectivity index (χ2n) is 0.911. The van der Waals surface area contributed by atoms with Crippen LogP contribution in [0.15, 0.2) is 0 Å². The number of rotatable bonds is 3. The van der Waals surface area contributed by atoms with Crippen LogP contribution >= 0.6 is 0 Å². The predicted molar refractivity (Wildman–Crippen MR) is 25.8 cm³/mol. The molecule has 50 valence electrons. The zero-order valence-corrected chi connectivity index (χ0v) is 5.14. The monoisotopic (exact) mass is 141 g/mol. The Morgan fingerprint density at radius 3 is 2.25 bits per heavy atom. The minimum Gasteiger partial charge on any atom is -0.247 e. The third kappa shape index (κ3) is 2.92. The summed E-state index contributed by atoms with van der Waals surface area (Å²) in [5.41, 5.74) is 0. The number of nitrogens with two attached hydrogens (primary N) is 1. The van der Waals surface area contributed by atoms with E-state index in [0.29, 0.717) is 0 Å². The third-order valence-corrected chi connectivity index (χ3v) is 1.14. The van der Waals surface area contributed by atoms with Crippen molar-refractivity contribution in [2.24, 2.45) is 5.90 Å². The van der Waals surface area contributed by atoms with E-state index in [-0.39, 0.29) is 6.61 Å². The Morgan fingerprint density at radius 1 is 1.62 bits per heavy atom. The fourth-order valence-corrected chi connectivity index (χ4v) is 0.516. The normalized spacial score (nSPS) is 11.8. The molecule has 6 heteroatoms. The lowest BCUT2D eigenvalue weighted by Gasteiger charge is -1.94. The van der Waals surface area contributed by atoms with Gasteiger partial charge in [0.25, 0.3) is 0 Å². The van der Waals surface area contributed by atoms with Crippen LogP contribution in [0.25, 0.3) is 0 Å². The molecule has 0 fully saturated rings. The van der Waals surface area contributed by atoms with E-state index in [1.165, 1.54) is 6.92 Å². The van der Waals surface area contributed by atoms with Gasteiger partial charge in [0.1, 0.15) is 0 Å². The number of hydrogen-bond acceptors (Lipinski definition) is 5. The summed E-state index contributed by atoms with van der Waals surface area (Å²) in [7, 11) is -3.89. The van der Waals surface area contributed by atoms with E-state index >= 15 is 0 Å². The highest BCUT2D eigenvalue weighted by molar-refractivity contribution is 7.81. The molecule has 0 unspecified atom stereocenters. The van der Waals surface area contributed by atoms with Gasteiger partial charge < -0.3 is 0 Å². The molecule has 5 nitrogen and oxygen atoms in total. The highest BCUT2D eigenvalue weighted by Gasteiger charge is 2.05. The van der Waals surface area contributed by atoms with E-state index in [2.05, 4.69) is 14.4 Å². The Bertz CT molecular complexity index is 138. The predicted octanol–water partition coefficient (Wildman–Crippen LogP) is -0.842. The van der Waals surface area contributed by atoms with Crippen LogP contribution in [0.3, 0.4) is 0 Å². The van der Waals surface area contributed by atoms with Gasteiger partial charge in [-0.25, -0.2) is 4.18 Å². The number of hydrogen-bond donors (Lipinski definition) is 1. The quantitative estimate of drug-likeness (QED) is 0.518. The Balaban J connectivity index is 3.76. The van der Waals surface area contributed by atoms with Crippen molar-refractivity contribution in [1.82, 2.24) is 0 Å². The molecule has 0 rings (SSSR count). The van der Waals surface area contributed by atoms with Gasteiger partial charge in [-0.3, -0.25) is 0 Å². The lowest BCUT2D eigenvalue weighted by molar-refractivity contribution is 0.226. The van der Waals surface area contributed by atoms with Crippen LogP contribution in [0.1, 0.15) is 6.92 Å². The Kier molecular flexibility index (Phi) is 2.91. The van der Waals surface area contributed by atoms with Crippen molar-refractivity contribution in [2.75, 3.05) is 6.61 Å². The molecule has 0 aliphatic heterocycles. The van der Waals surface area contributed by atoms with Gasteiger partial charge in [-0.05, 0) is 6.92 Å². The topological polar surface area (TPSA) is 78.6 Å². The molecule has 0 heterocycles. The first-order valence-corrected chi connectivity index (χ1v) is 3.23. The molecule has 0 saturated heterocycles. The second kappa shape index (κ2) is 2.98. The average Bonchev–Trinajstić information content (AvgIpc) is 1.67. The van der Waals surface area contributed by atoms with Crippen LogP contribution in [-0.4, -0.2) is 15.0 Å². The van der Waals surface area contributed by atoms with E-state index in [1.807, 2.05) is 0 Å². The summed E-state index contributed by atoms with van der Waals surface area (Å²) in [5.74, 6) is 4.28. The Hall–Kier alpha value is -0.170. The first-order chi connectivity index (χ1) is 3.62. The molecule has 0 bridgehead atoms. The zero-order valence-electron chi connectivity index (χ0n) is 4.33. The minimum atomic E-state index is -3.89. The lowest BCUT2D eigenvalue weighted by atomic mass is 10.9. The standard InChI is InChI=1S/C2H7NO4S/c1-2-6-8(4,5)7-3/h2-3H2,1H3. The van der Waals surface area contributed by atoms with Crippen LogP contribution in [0.2, 0.25) is 0 Å². The molecule has 0 amide bonds. The van der Waals surface area contributed by atoms with Gasteiger partial charge in [-0.1, -0.05) is 0 Å². The summed E-state index contributed by atoms with van der Waals surface area (Å²) >= 11 is 0. The van der Waals surface area contributed by atoms with Crippen molar-refractivity contribution in [3.63, 3.8) is 0 Å². The molecule has 0 aliphatic carbocycles.